The van der Waals surface area contributed by atoms with Crippen molar-refractivity contribution in [1.82, 2.24) is 10.2 Å². The zero-order valence-corrected chi connectivity index (χ0v) is 22.7. The number of nitrogens with zero attached hydrogens (tertiary/aromatic N) is 2. The van der Waals surface area contributed by atoms with Gasteiger partial charge in [0.15, 0.2) is 0 Å². The fourth-order valence-electron chi connectivity index (χ4n) is 4.54. The number of aromatic nitrogens is 2. The normalized spacial score (nSPS) is 14.2. The van der Waals surface area contributed by atoms with Crippen LogP contribution < -0.4 is 9.47 Å². The lowest BCUT2D eigenvalue weighted by atomic mass is 9.84. The monoisotopic (exact) mass is 458 g/mol. The van der Waals surface area contributed by atoms with Crippen LogP contribution in [0.4, 0.5) is 0 Å². The van der Waals surface area contributed by atoms with Gasteiger partial charge in [-0.2, -0.15) is 0 Å². The van der Waals surface area contributed by atoms with E-state index in [-0.39, 0.29) is 0 Å². The van der Waals surface area contributed by atoms with Gasteiger partial charge in [-0.1, -0.05) is 55.4 Å². The Bertz CT molecular complexity index is 874. The third kappa shape index (κ3) is 9.77. The van der Waals surface area contributed by atoms with Crippen LogP contribution in [0.5, 0.6) is 11.5 Å². The standard InChI is InChI=1S/C28H46N2O3/c1-19(17-27(5,6)7)11-13-31-24-16-23(26-30-29-22(4)33-26)25(15-21(24)3)32-14-12-20(2)18-28(8,9)10/h15-16,19-20H,11-14,17-18H2,1-10H3. The van der Waals surface area contributed by atoms with Gasteiger partial charge in [-0.05, 0) is 73.0 Å². The lowest BCUT2D eigenvalue weighted by Crippen LogP contribution is -2.14. The van der Waals surface area contributed by atoms with Crippen LogP contribution in [0, 0.1) is 36.5 Å². The summed E-state index contributed by atoms with van der Waals surface area (Å²) in [5.74, 6) is 3.83. The summed E-state index contributed by atoms with van der Waals surface area (Å²) in [6.07, 6.45) is 4.38. The van der Waals surface area contributed by atoms with Crippen LogP contribution in [0.15, 0.2) is 16.5 Å². The van der Waals surface area contributed by atoms with E-state index >= 15 is 0 Å². The fraction of sp³-hybridized carbons (Fsp3) is 0.714. The number of ether oxygens (including phenoxy) is 2. The first-order valence-electron chi connectivity index (χ1n) is 12.4. The molecule has 0 amide bonds. The van der Waals surface area contributed by atoms with E-state index in [0.29, 0.717) is 47.7 Å². The maximum Gasteiger partial charge on any atom is 0.251 e. The van der Waals surface area contributed by atoms with Crippen molar-refractivity contribution >= 4 is 0 Å². The molecule has 0 aliphatic carbocycles. The third-order valence-electron chi connectivity index (χ3n) is 5.69. The van der Waals surface area contributed by atoms with Crippen molar-refractivity contribution in [2.75, 3.05) is 13.2 Å². The minimum absolute atomic E-state index is 0.325. The average molecular weight is 459 g/mol. The largest absolute Gasteiger partial charge is 0.493 e. The van der Waals surface area contributed by atoms with Gasteiger partial charge in [0.25, 0.3) is 5.89 Å². The van der Waals surface area contributed by atoms with E-state index < -0.39 is 0 Å². The lowest BCUT2D eigenvalue weighted by Gasteiger charge is -2.24. The molecule has 0 aliphatic heterocycles. The molecule has 0 saturated heterocycles. The number of aryl methyl sites for hydroxylation is 2. The van der Waals surface area contributed by atoms with E-state index in [1.165, 1.54) is 12.8 Å². The molecule has 1 heterocycles. The molecular weight excluding hydrogens is 412 g/mol. The first-order chi connectivity index (χ1) is 15.2. The van der Waals surface area contributed by atoms with Crippen LogP contribution in [-0.4, -0.2) is 23.4 Å². The molecule has 2 aromatic rings. The SMILES string of the molecule is Cc1nnc(-c2cc(OCCC(C)CC(C)(C)C)c(C)cc2OCCC(C)CC(C)(C)C)o1. The zero-order valence-electron chi connectivity index (χ0n) is 22.7. The molecule has 0 N–H and O–H groups in total. The second kappa shape index (κ2) is 11.4. The van der Waals surface area contributed by atoms with Crippen LogP contribution >= 0.6 is 0 Å². The molecule has 0 bridgehead atoms. The van der Waals surface area contributed by atoms with Crippen LogP contribution in [0.1, 0.15) is 92.5 Å². The molecule has 5 nitrogen and oxygen atoms in total. The smallest absolute Gasteiger partial charge is 0.251 e. The fourth-order valence-corrected chi connectivity index (χ4v) is 4.54. The van der Waals surface area contributed by atoms with Crippen molar-refractivity contribution in [3.05, 3.63) is 23.6 Å². The van der Waals surface area contributed by atoms with Gasteiger partial charge in [-0.15, -0.1) is 10.2 Å². The maximum absolute atomic E-state index is 6.24. The van der Waals surface area contributed by atoms with Gasteiger partial charge >= 0.3 is 0 Å². The molecule has 2 unspecified atom stereocenters. The van der Waals surface area contributed by atoms with E-state index in [1.807, 2.05) is 12.1 Å². The molecule has 186 valence electrons. The molecule has 2 atom stereocenters. The minimum Gasteiger partial charge on any atom is -0.493 e. The summed E-state index contributed by atoms with van der Waals surface area (Å²) in [7, 11) is 0. The topological polar surface area (TPSA) is 57.4 Å². The Balaban J connectivity index is 2.11. The Hall–Kier alpha value is -2.04. The van der Waals surface area contributed by atoms with Gasteiger partial charge < -0.3 is 13.9 Å². The maximum atomic E-state index is 6.24. The number of benzene rings is 1. The molecular formula is C28H46N2O3. The Labute approximate surface area is 201 Å². The van der Waals surface area contributed by atoms with Crippen LogP contribution in [0.2, 0.25) is 0 Å². The van der Waals surface area contributed by atoms with Crippen molar-refractivity contribution in [2.24, 2.45) is 22.7 Å². The third-order valence-corrected chi connectivity index (χ3v) is 5.69. The summed E-state index contributed by atoms with van der Waals surface area (Å²) in [5, 5.41) is 8.25. The summed E-state index contributed by atoms with van der Waals surface area (Å²) in [4.78, 5) is 0. The summed E-state index contributed by atoms with van der Waals surface area (Å²) in [6, 6.07) is 4.03. The minimum atomic E-state index is 0.325. The summed E-state index contributed by atoms with van der Waals surface area (Å²) >= 11 is 0. The van der Waals surface area contributed by atoms with Gasteiger partial charge in [0.05, 0.1) is 18.8 Å². The second-order valence-corrected chi connectivity index (χ2v) is 12.3. The van der Waals surface area contributed by atoms with Crippen molar-refractivity contribution in [3.63, 3.8) is 0 Å². The van der Waals surface area contributed by atoms with Gasteiger partial charge in [-0.25, -0.2) is 0 Å². The van der Waals surface area contributed by atoms with E-state index in [4.69, 9.17) is 13.9 Å². The molecule has 0 spiro atoms. The van der Waals surface area contributed by atoms with E-state index in [9.17, 15) is 0 Å². The Kier molecular flexibility index (Phi) is 9.39. The molecule has 1 aromatic carbocycles. The average Bonchev–Trinajstić information content (AvgIpc) is 3.06. The van der Waals surface area contributed by atoms with Crippen molar-refractivity contribution in [2.45, 2.75) is 94.9 Å². The molecule has 2 rings (SSSR count). The molecule has 0 fully saturated rings. The van der Waals surface area contributed by atoms with Gasteiger partial charge in [-0.3, -0.25) is 0 Å². The van der Waals surface area contributed by atoms with Gasteiger partial charge in [0, 0.05) is 6.92 Å². The number of hydrogen-bond acceptors (Lipinski definition) is 5. The quantitative estimate of drug-likeness (QED) is 0.341. The van der Waals surface area contributed by atoms with Gasteiger partial charge in [0.2, 0.25) is 5.89 Å². The predicted octanol–water partition coefficient (Wildman–Crippen LogP) is 8.04. The summed E-state index contributed by atoms with van der Waals surface area (Å²) in [5.41, 5.74) is 2.51. The van der Waals surface area contributed by atoms with E-state index in [1.54, 1.807) is 6.92 Å². The highest BCUT2D eigenvalue weighted by Crippen LogP contribution is 2.36. The van der Waals surface area contributed by atoms with E-state index in [0.717, 1.165) is 35.5 Å². The first-order valence-corrected chi connectivity index (χ1v) is 12.4. The summed E-state index contributed by atoms with van der Waals surface area (Å²) < 4.78 is 18.2. The number of rotatable bonds is 11. The first kappa shape index (κ1) is 27.2. The molecule has 1 aromatic heterocycles. The van der Waals surface area contributed by atoms with Crippen LogP contribution in [0.25, 0.3) is 11.5 Å². The molecule has 0 saturated carbocycles. The highest BCUT2D eigenvalue weighted by molar-refractivity contribution is 5.66. The molecule has 0 radical (unpaired) electrons. The Morgan fingerprint density at radius 1 is 0.788 bits per heavy atom. The predicted molar refractivity (Wildman–Crippen MR) is 136 cm³/mol. The van der Waals surface area contributed by atoms with E-state index in [2.05, 4.69) is 72.5 Å². The van der Waals surface area contributed by atoms with Crippen LogP contribution in [-0.2, 0) is 0 Å². The highest BCUT2D eigenvalue weighted by Gasteiger charge is 2.19. The Morgan fingerprint density at radius 3 is 1.76 bits per heavy atom. The van der Waals surface area contributed by atoms with Crippen molar-refractivity contribution in [3.8, 4) is 23.0 Å². The highest BCUT2D eigenvalue weighted by atomic mass is 16.5. The van der Waals surface area contributed by atoms with Gasteiger partial charge in [0.1, 0.15) is 11.5 Å². The summed E-state index contributed by atoms with van der Waals surface area (Å²) in [6.45, 7) is 23.5. The molecule has 0 aliphatic rings. The van der Waals surface area contributed by atoms with Crippen molar-refractivity contribution in [1.29, 1.82) is 0 Å². The lowest BCUT2D eigenvalue weighted by molar-refractivity contribution is 0.236. The molecule has 33 heavy (non-hydrogen) atoms. The second-order valence-electron chi connectivity index (χ2n) is 12.3. The molecule has 5 heteroatoms. The van der Waals surface area contributed by atoms with Crippen LogP contribution in [0.3, 0.4) is 0 Å². The Morgan fingerprint density at radius 2 is 1.30 bits per heavy atom. The number of hydrogen-bond donors (Lipinski definition) is 0. The zero-order chi connectivity index (χ0) is 24.8. The van der Waals surface area contributed by atoms with Crippen molar-refractivity contribution < 1.29 is 13.9 Å².